The number of nitrogens with zero attached hydrogens (tertiary/aromatic N) is 1. The SMILES string of the molecule is CNCCOc1ccc(S(=O)(=O)N(C)C)cc1. The van der Waals surface area contributed by atoms with Gasteiger partial charge in [0.15, 0.2) is 0 Å². The monoisotopic (exact) mass is 258 g/mol. The third-order valence-electron chi connectivity index (χ3n) is 2.22. The fourth-order valence-corrected chi connectivity index (χ4v) is 2.09. The normalized spacial score (nSPS) is 11.8. The van der Waals surface area contributed by atoms with E-state index in [-0.39, 0.29) is 4.90 Å². The number of rotatable bonds is 6. The van der Waals surface area contributed by atoms with Crippen LogP contribution in [0.1, 0.15) is 0 Å². The van der Waals surface area contributed by atoms with Crippen molar-refractivity contribution >= 4 is 10.0 Å². The van der Waals surface area contributed by atoms with E-state index in [0.717, 1.165) is 6.54 Å². The maximum Gasteiger partial charge on any atom is 0.242 e. The molecule has 1 rings (SSSR count). The maximum absolute atomic E-state index is 11.8. The first-order valence-corrected chi connectivity index (χ1v) is 6.72. The number of likely N-dealkylation sites (N-methyl/N-ethyl adjacent to an activating group) is 1. The van der Waals surface area contributed by atoms with Crippen LogP contribution in [0.25, 0.3) is 0 Å². The molecule has 0 radical (unpaired) electrons. The van der Waals surface area contributed by atoms with Gasteiger partial charge in [-0.1, -0.05) is 0 Å². The van der Waals surface area contributed by atoms with Gasteiger partial charge in [0.1, 0.15) is 12.4 Å². The minimum absolute atomic E-state index is 0.267. The van der Waals surface area contributed by atoms with Crippen LogP contribution in [0.3, 0.4) is 0 Å². The van der Waals surface area contributed by atoms with Crippen molar-refractivity contribution in [3.63, 3.8) is 0 Å². The highest BCUT2D eigenvalue weighted by atomic mass is 32.2. The molecule has 0 spiro atoms. The second-order valence-electron chi connectivity index (χ2n) is 3.71. The van der Waals surface area contributed by atoms with Crippen molar-refractivity contribution in [1.82, 2.24) is 9.62 Å². The number of ether oxygens (including phenoxy) is 1. The molecule has 0 saturated heterocycles. The van der Waals surface area contributed by atoms with Gasteiger partial charge in [0, 0.05) is 20.6 Å². The van der Waals surface area contributed by atoms with Crippen LogP contribution in [-0.4, -0.2) is 47.0 Å². The Morgan fingerprint density at radius 1 is 1.24 bits per heavy atom. The zero-order valence-corrected chi connectivity index (χ0v) is 11.1. The lowest BCUT2D eigenvalue weighted by Gasteiger charge is -2.12. The number of nitrogens with one attached hydrogen (secondary N) is 1. The Kier molecular flexibility index (Phi) is 4.92. The molecule has 1 aromatic rings. The number of hydrogen-bond acceptors (Lipinski definition) is 4. The van der Waals surface area contributed by atoms with Crippen molar-refractivity contribution < 1.29 is 13.2 Å². The van der Waals surface area contributed by atoms with Crippen molar-refractivity contribution in [1.29, 1.82) is 0 Å². The van der Waals surface area contributed by atoms with E-state index >= 15 is 0 Å². The van der Waals surface area contributed by atoms with Gasteiger partial charge in [-0.2, -0.15) is 0 Å². The van der Waals surface area contributed by atoms with Crippen molar-refractivity contribution in [2.45, 2.75) is 4.90 Å². The van der Waals surface area contributed by atoms with Gasteiger partial charge in [0.05, 0.1) is 4.90 Å². The highest BCUT2D eigenvalue weighted by Crippen LogP contribution is 2.17. The van der Waals surface area contributed by atoms with Gasteiger partial charge in [0.2, 0.25) is 10.0 Å². The lowest BCUT2D eigenvalue weighted by Crippen LogP contribution is -2.22. The third kappa shape index (κ3) is 3.69. The Labute approximate surface area is 102 Å². The Hall–Kier alpha value is -1.11. The van der Waals surface area contributed by atoms with E-state index in [0.29, 0.717) is 12.4 Å². The summed E-state index contributed by atoms with van der Waals surface area (Å²) < 4.78 is 30.1. The Morgan fingerprint density at radius 3 is 2.29 bits per heavy atom. The average Bonchev–Trinajstić information content (AvgIpc) is 2.30. The highest BCUT2D eigenvalue weighted by molar-refractivity contribution is 7.89. The Balaban J connectivity index is 2.75. The molecule has 17 heavy (non-hydrogen) atoms. The number of benzene rings is 1. The van der Waals surface area contributed by atoms with E-state index in [4.69, 9.17) is 4.74 Å². The van der Waals surface area contributed by atoms with E-state index in [1.54, 1.807) is 24.3 Å². The number of hydrogen-bond donors (Lipinski definition) is 1. The summed E-state index contributed by atoms with van der Waals surface area (Å²) in [4.78, 5) is 0.267. The van der Waals surface area contributed by atoms with Crippen molar-refractivity contribution in [2.24, 2.45) is 0 Å². The van der Waals surface area contributed by atoms with E-state index in [1.165, 1.54) is 18.4 Å². The van der Waals surface area contributed by atoms with Gasteiger partial charge in [-0.3, -0.25) is 0 Å². The first-order chi connectivity index (χ1) is 7.98. The average molecular weight is 258 g/mol. The molecule has 0 aliphatic heterocycles. The standard InChI is InChI=1S/C11H18N2O3S/c1-12-8-9-16-10-4-6-11(7-5-10)17(14,15)13(2)3/h4-7,12H,8-9H2,1-3H3. The van der Waals surface area contributed by atoms with Crippen LogP contribution in [0.15, 0.2) is 29.2 Å². The molecule has 0 atom stereocenters. The topological polar surface area (TPSA) is 58.6 Å². The number of sulfonamides is 1. The summed E-state index contributed by atoms with van der Waals surface area (Å²) in [7, 11) is 1.50. The van der Waals surface area contributed by atoms with Crippen LogP contribution in [0.4, 0.5) is 0 Å². The van der Waals surface area contributed by atoms with Crippen LogP contribution >= 0.6 is 0 Å². The summed E-state index contributed by atoms with van der Waals surface area (Å²) in [6, 6.07) is 6.41. The van der Waals surface area contributed by atoms with Gasteiger partial charge in [-0.25, -0.2) is 12.7 Å². The van der Waals surface area contributed by atoms with Gasteiger partial charge in [-0.05, 0) is 31.3 Å². The van der Waals surface area contributed by atoms with E-state index in [1.807, 2.05) is 7.05 Å². The van der Waals surface area contributed by atoms with Crippen molar-refractivity contribution in [3.8, 4) is 5.75 Å². The first kappa shape index (κ1) is 14.0. The molecule has 0 unspecified atom stereocenters. The van der Waals surface area contributed by atoms with Crippen LogP contribution in [-0.2, 0) is 10.0 Å². The summed E-state index contributed by atoms with van der Waals surface area (Å²) in [5.41, 5.74) is 0. The quantitative estimate of drug-likeness (QED) is 0.756. The molecule has 0 amide bonds. The fraction of sp³-hybridized carbons (Fsp3) is 0.455. The predicted molar refractivity (Wildman–Crippen MR) is 66.7 cm³/mol. The zero-order valence-electron chi connectivity index (χ0n) is 10.3. The second kappa shape index (κ2) is 6.00. The third-order valence-corrected chi connectivity index (χ3v) is 4.05. The molecule has 0 aromatic heterocycles. The summed E-state index contributed by atoms with van der Waals surface area (Å²) in [6.45, 7) is 1.30. The lowest BCUT2D eigenvalue weighted by molar-refractivity contribution is 0.318. The molecule has 0 bridgehead atoms. The minimum Gasteiger partial charge on any atom is -0.492 e. The summed E-state index contributed by atoms with van der Waals surface area (Å²) >= 11 is 0. The summed E-state index contributed by atoms with van der Waals surface area (Å²) in [6.07, 6.45) is 0. The van der Waals surface area contributed by atoms with Crippen LogP contribution in [0.2, 0.25) is 0 Å². The maximum atomic E-state index is 11.8. The molecule has 1 N–H and O–H groups in total. The van der Waals surface area contributed by atoms with E-state index in [2.05, 4.69) is 5.32 Å². The van der Waals surface area contributed by atoms with Crippen molar-refractivity contribution in [3.05, 3.63) is 24.3 Å². The van der Waals surface area contributed by atoms with Gasteiger partial charge >= 0.3 is 0 Å². The predicted octanol–water partition coefficient (Wildman–Crippen LogP) is 0.535. The van der Waals surface area contributed by atoms with Gasteiger partial charge in [0.25, 0.3) is 0 Å². The van der Waals surface area contributed by atoms with Crippen molar-refractivity contribution in [2.75, 3.05) is 34.3 Å². The molecule has 0 heterocycles. The van der Waals surface area contributed by atoms with Crippen LogP contribution in [0.5, 0.6) is 5.75 Å². The minimum atomic E-state index is -3.35. The molecule has 0 fully saturated rings. The molecular weight excluding hydrogens is 240 g/mol. The molecule has 1 aromatic carbocycles. The molecule has 6 heteroatoms. The van der Waals surface area contributed by atoms with E-state index in [9.17, 15) is 8.42 Å². The smallest absolute Gasteiger partial charge is 0.242 e. The fourth-order valence-electron chi connectivity index (χ4n) is 1.19. The second-order valence-corrected chi connectivity index (χ2v) is 5.86. The lowest BCUT2D eigenvalue weighted by atomic mass is 10.3. The molecule has 0 aliphatic carbocycles. The molecule has 0 saturated carbocycles. The molecular formula is C11H18N2O3S. The molecule has 0 aliphatic rings. The van der Waals surface area contributed by atoms with Gasteiger partial charge in [-0.15, -0.1) is 0 Å². The summed E-state index contributed by atoms with van der Waals surface area (Å²) in [5.74, 6) is 0.665. The van der Waals surface area contributed by atoms with Gasteiger partial charge < -0.3 is 10.1 Å². The largest absolute Gasteiger partial charge is 0.492 e. The Bertz CT molecular complexity index is 440. The van der Waals surface area contributed by atoms with Crippen LogP contribution in [0, 0.1) is 0 Å². The highest BCUT2D eigenvalue weighted by Gasteiger charge is 2.16. The van der Waals surface area contributed by atoms with E-state index < -0.39 is 10.0 Å². The summed E-state index contributed by atoms with van der Waals surface area (Å²) in [5, 5.41) is 2.96. The Morgan fingerprint density at radius 2 is 1.82 bits per heavy atom. The first-order valence-electron chi connectivity index (χ1n) is 5.28. The molecule has 96 valence electrons. The van der Waals surface area contributed by atoms with Crippen LogP contribution < -0.4 is 10.1 Å². The molecule has 5 nitrogen and oxygen atoms in total. The zero-order chi connectivity index (χ0) is 12.9.